The fourth-order valence-electron chi connectivity index (χ4n) is 1.28. The van der Waals surface area contributed by atoms with Crippen molar-refractivity contribution in [3.05, 3.63) is 17.5 Å². The van der Waals surface area contributed by atoms with Gasteiger partial charge in [-0.2, -0.15) is 0 Å². The van der Waals surface area contributed by atoms with Crippen molar-refractivity contribution in [3.8, 4) is 5.06 Å². The summed E-state index contributed by atoms with van der Waals surface area (Å²) in [4.78, 5) is 22.1. The first-order valence-electron chi connectivity index (χ1n) is 5.08. The Morgan fingerprint density at radius 2 is 2.38 bits per heavy atom. The van der Waals surface area contributed by atoms with Crippen LogP contribution in [0.5, 0.6) is 5.06 Å². The van der Waals surface area contributed by atoms with E-state index in [4.69, 9.17) is 4.74 Å². The van der Waals surface area contributed by atoms with Crippen molar-refractivity contribution >= 4 is 23.7 Å². The lowest BCUT2D eigenvalue weighted by molar-refractivity contribution is -0.138. The number of rotatable bonds is 6. The van der Waals surface area contributed by atoms with Gasteiger partial charge in [0.25, 0.3) is 0 Å². The number of esters is 1. The third kappa shape index (κ3) is 4.02. The van der Waals surface area contributed by atoms with Gasteiger partial charge in [-0.25, -0.2) is 4.79 Å². The highest BCUT2D eigenvalue weighted by Gasteiger charge is 2.21. The number of hydrogen-bond acceptors (Lipinski definition) is 4. The molecule has 0 saturated heterocycles. The smallest absolute Gasteiger partial charge is 0.334 e. The molecule has 1 aromatic heterocycles. The SMILES string of the molecule is CC(C)C[C@H](NC=O)C(=O)Oc1cccs1. The summed E-state index contributed by atoms with van der Waals surface area (Å²) in [6, 6.07) is 2.95. The summed E-state index contributed by atoms with van der Waals surface area (Å²) < 4.78 is 5.13. The normalized spacial score (nSPS) is 12.2. The molecule has 1 N–H and O–H groups in total. The first kappa shape index (κ1) is 12.7. The molecule has 1 heterocycles. The van der Waals surface area contributed by atoms with E-state index in [-0.39, 0.29) is 0 Å². The van der Waals surface area contributed by atoms with Crippen LogP contribution in [0.4, 0.5) is 0 Å². The van der Waals surface area contributed by atoms with Crippen molar-refractivity contribution in [2.45, 2.75) is 26.3 Å². The predicted octanol–water partition coefficient (Wildman–Crippen LogP) is 1.81. The maximum Gasteiger partial charge on any atom is 0.334 e. The molecule has 0 aliphatic heterocycles. The van der Waals surface area contributed by atoms with Crippen LogP contribution < -0.4 is 10.1 Å². The molecule has 16 heavy (non-hydrogen) atoms. The molecule has 1 rings (SSSR count). The first-order chi connectivity index (χ1) is 7.63. The third-order valence-corrected chi connectivity index (χ3v) is 2.70. The second kappa shape index (κ2) is 6.27. The monoisotopic (exact) mass is 241 g/mol. The highest BCUT2D eigenvalue weighted by Crippen LogP contribution is 2.19. The number of hydrogen-bond donors (Lipinski definition) is 1. The minimum Gasteiger partial charge on any atom is -0.414 e. The van der Waals surface area contributed by atoms with E-state index in [9.17, 15) is 9.59 Å². The summed E-state index contributed by atoms with van der Waals surface area (Å²) in [5.74, 6) is -0.100. The Morgan fingerprint density at radius 3 is 2.88 bits per heavy atom. The van der Waals surface area contributed by atoms with Crippen LogP contribution >= 0.6 is 11.3 Å². The minimum atomic E-state index is -0.570. The zero-order chi connectivity index (χ0) is 12.0. The molecular formula is C11H15NO3S. The molecule has 0 radical (unpaired) electrons. The summed E-state index contributed by atoms with van der Waals surface area (Å²) in [7, 11) is 0. The van der Waals surface area contributed by atoms with Crippen LogP contribution in [0.1, 0.15) is 20.3 Å². The van der Waals surface area contributed by atoms with Gasteiger partial charge < -0.3 is 10.1 Å². The summed E-state index contributed by atoms with van der Waals surface area (Å²) in [5, 5.41) is 4.85. The summed E-state index contributed by atoms with van der Waals surface area (Å²) in [6.07, 6.45) is 1.10. The van der Waals surface area contributed by atoms with E-state index >= 15 is 0 Å². The molecule has 0 aromatic carbocycles. The van der Waals surface area contributed by atoms with E-state index in [0.29, 0.717) is 23.8 Å². The summed E-state index contributed by atoms with van der Waals surface area (Å²) in [5.41, 5.74) is 0. The molecule has 1 aromatic rings. The van der Waals surface area contributed by atoms with Gasteiger partial charge in [-0.15, -0.1) is 11.3 Å². The van der Waals surface area contributed by atoms with Gasteiger partial charge in [0.05, 0.1) is 0 Å². The number of carbonyl (C=O) groups is 2. The van der Waals surface area contributed by atoms with E-state index < -0.39 is 12.0 Å². The molecule has 0 unspecified atom stereocenters. The van der Waals surface area contributed by atoms with Gasteiger partial charge in [-0.3, -0.25) is 4.79 Å². The number of carbonyl (C=O) groups excluding carboxylic acids is 2. The average molecular weight is 241 g/mol. The van der Waals surface area contributed by atoms with Crippen LogP contribution in [-0.4, -0.2) is 18.4 Å². The Labute approximate surface area is 98.6 Å². The molecular weight excluding hydrogens is 226 g/mol. The van der Waals surface area contributed by atoms with Crippen molar-refractivity contribution < 1.29 is 14.3 Å². The molecule has 0 bridgehead atoms. The van der Waals surface area contributed by atoms with Crippen molar-refractivity contribution in [2.75, 3.05) is 0 Å². The molecule has 0 aliphatic rings. The zero-order valence-electron chi connectivity index (χ0n) is 9.30. The molecule has 0 saturated carbocycles. The number of ether oxygens (including phenoxy) is 1. The van der Waals surface area contributed by atoms with E-state index in [1.165, 1.54) is 11.3 Å². The molecule has 4 nitrogen and oxygen atoms in total. The highest BCUT2D eigenvalue weighted by molar-refractivity contribution is 7.11. The van der Waals surface area contributed by atoms with Gasteiger partial charge in [0, 0.05) is 0 Å². The molecule has 1 amide bonds. The first-order valence-corrected chi connectivity index (χ1v) is 5.96. The van der Waals surface area contributed by atoms with Crippen molar-refractivity contribution in [3.63, 3.8) is 0 Å². The third-order valence-electron chi connectivity index (χ3n) is 1.96. The minimum absolute atomic E-state index is 0.313. The van der Waals surface area contributed by atoms with E-state index in [0.717, 1.165) is 0 Å². The quantitative estimate of drug-likeness (QED) is 0.610. The Balaban J connectivity index is 2.56. The van der Waals surface area contributed by atoms with Gasteiger partial charge >= 0.3 is 5.97 Å². The van der Waals surface area contributed by atoms with Gasteiger partial charge in [0.1, 0.15) is 6.04 Å². The Kier molecular flexibility index (Phi) is 4.98. The maximum absolute atomic E-state index is 11.7. The second-order valence-electron chi connectivity index (χ2n) is 3.82. The van der Waals surface area contributed by atoms with E-state index in [2.05, 4.69) is 5.32 Å². The Morgan fingerprint density at radius 1 is 1.62 bits per heavy atom. The number of thiophene rings is 1. The highest BCUT2D eigenvalue weighted by atomic mass is 32.1. The van der Waals surface area contributed by atoms with Crippen LogP contribution in [0.25, 0.3) is 0 Å². The number of amides is 1. The van der Waals surface area contributed by atoms with Gasteiger partial charge in [0.15, 0.2) is 5.06 Å². The molecule has 0 fully saturated rings. The van der Waals surface area contributed by atoms with Gasteiger partial charge in [-0.05, 0) is 29.9 Å². The van der Waals surface area contributed by atoms with Gasteiger partial charge in [-0.1, -0.05) is 13.8 Å². The lowest BCUT2D eigenvalue weighted by atomic mass is 10.0. The molecule has 1 atom stereocenters. The van der Waals surface area contributed by atoms with Crippen LogP contribution in [0.2, 0.25) is 0 Å². The van der Waals surface area contributed by atoms with Crippen LogP contribution in [-0.2, 0) is 9.59 Å². The maximum atomic E-state index is 11.7. The Bertz CT molecular complexity index is 335. The average Bonchev–Trinajstić information content (AvgIpc) is 2.69. The standard InChI is InChI=1S/C11H15NO3S/c1-8(2)6-9(12-7-13)11(14)15-10-4-3-5-16-10/h3-5,7-9H,6H2,1-2H3,(H,12,13)/t9-/m0/s1. The van der Waals surface area contributed by atoms with Crippen LogP contribution in [0, 0.1) is 5.92 Å². The van der Waals surface area contributed by atoms with Crippen LogP contribution in [0.3, 0.4) is 0 Å². The van der Waals surface area contributed by atoms with Gasteiger partial charge in [0.2, 0.25) is 6.41 Å². The topological polar surface area (TPSA) is 55.4 Å². The second-order valence-corrected chi connectivity index (χ2v) is 4.73. The zero-order valence-corrected chi connectivity index (χ0v) is 10.1. The predicted molar refractivity (Wildman–Crippen MR) is 62.4 cm³/mol. The molecule has 0 spiro atoms. The lowest BCUT2D eigenvalue weighted by Crippen LogP contribution is -2.39. The van der Waals surface area contributed by atoms with Crippen molar-refractivity contribution in [1.82, 2.24) is 5.32 Å². The summed E-state index contributed by atoms with van der Waals surface area (Å²) >= 11 is 1.35. The van der Waals surface area contributed by atoms with Crippen molar-refractivity contribution in [1.29, 1.82) is 0 Å². The Hall–Kier alpha value is -1.36. The fourth-order valence-corrected chi connectivity index (χ4v) is 1.86. The molecule has 88 valence electrons. The largest absolute Gasteiger partial charge is 0.414 e. The van der Waals surface area contributed by atoms with Crippen LogP contribution in [0.15, 0.2) is 17.5 Å². The van der Waals surface area contributed by atoms with Crippen molar-refractivity contribution in [2.24, 2.45) is 5.92 Å². The summed E-state index contributed by atoms with van der Waals surface area (Å²) in [6.45, 7) is 3.97. The number of nitrogens with one attached hydrogen (secondary N) is 1. The molecule has 5 heteroatoms. The van der Waals surface area contributed by atoms with E-state index in [1.807, 2.05) is 19.2 Å². The van der Waals surface area contributed by atoms with E-state index in [1.54, 1.807) is 12.1 Å². The fraction of sp³-hybridized carbons (Fsp3) is 0.455. The molecule has 0 aliphatic carbocycles. The lowest BCUT2D eigenvalue weighted by Gasteiger charge is -2.15.